The second-order valence-corrected chi connectivity index (χ2v) is 19.5. The van der Waals surface area contributed by atoms with Crippen LogP contribution in [0, 0.1) is 23.3 Å². The minimum atomic E-state index is -5.27. The molecule has 2 N–H and O–H groups in total. The fourth-order valence-electron chi connectivity index (χ4n) is 9.85. The van der Waals surface area contributed by atoms with Gasteiger partial charge >= 0.3 is 0 Å². The molecule has 9 rings (SSSR count). The number of azide groups is 1. The fraction of sp³-hybridized carbons (Fsp3) is 0.395. The molecule has 0 aliphatic carbocycles. The van der Waals surface area contributed by atoms with Gasteiger partial charge in [0.1, 0.15) is 46.0 Å². The van der Waals surface area contributed by atoms with Gasteiger partial charge in [-0.05, 0) is 86.7 Å². The summed E-state index contributed by atoms with van der Waals surface area (Å²) < 4.78 is 136. The normalized spacial score (nSPS) is 16.3. The Kier molecular flexibility index (Phi) is 11.2. The molecule has 0 aromatic heterocycles. The number of halogens is 4. The number of hydrogen-bond acceptors (Lipinski definition) is 9. The van der Waals surface area contributed by atoms with E-state index in [2.05, 4.69) is 41.7 Å². The molecular weight excluding hydrogens is 867 g/mol. The van der Waals surface area contributed by atoms with E-state index in [0.29, 0.717) is 27.9 Å². The van der Waals surface area contributed by atoms with Gasteiger partial charge < -0.3 is 19.5 Å². The average molecular weight is 908 g/mol. The Morgan fingerprint density at radius 1 is 0.825 bits per heavy atom. The van der Waals surface area contributed by atoms with Crippen LogP contribution in [0.2, 0.25) is 0 Å². The Hall–Kier alpha value is -5.53. The number of sulfonamides is 1. The summed E-state index contributed by atoms with van der Waals surface area (Å²) in [5.41, 5.74) is 12.1. The molecule has 5 aliphatic heterocycles. The number of anilines is 1. The molecule has 14 nitrogen and oxygen atoms in total. The van der Waals surface area contributed by atoms with Gasteiger partial charge in [-0.25, -0.2) is 43.7 Å². The minimum Gasteiger partial charge on any atom is -0.744 e. The Labute approximate surface area is 359 Å². The summed E-state index contributed by atoms with van der Waals surface area (Å²) in [6.07, 6.45) is 7.50. The zero-order valence-electron chi connectivity index (χ0n) is 33.8. The van der Waals surface area contributed by atoms with E-state index >= 15 is 0 Å². The van der Waals surface area contributed by atoms with Crippen LogP contribution in [0.3, 0.4) is 0 Å². The van der Waals surface area contributed by atoms with Gasteiger partial charge in [0.15, 0.2) is 23.3 Å². The van der Waals surface area contributed by atoms with Crippen molar-refractivity contribution >= 4 is 43.0 Å². The molecule has 0 spiro atoms. The predicted molar refractivity (Wildman–Crippen MR) is 221 cm³/mol. The Balaban J connectivity index is 0.999. The highest BCUT2D eigenvalue weighted by atomic mass is 32.2. The number of unbranched alkanes of at least 4 members (excludes halogenated alkanes) is 2. The number of carbonyl (C=O) groups is 1. The van der Waals surface area contributed by atoms with E-state index in [4.69, 9.17) is 10.3 Å². The highest BCUT2D eigenvalue weighted by Gasteiger charge is 2.37. The fourth-order valence-corrected chi connectivity index (χ4v) is 11.7. The summed E-state index contributed by atoms with van der Waals surface area (Å²) in [5, 5.41) is 6.55. The molecule has 330 valence electrons. The van der Waals surface area contributed by atoms with Crippen LogP contribution in [-0.2, 0) is 45.8 Å². The van der Waals surface area contributed by atoms with Crippen LogP contribution < -0.4 is 34.8 Å². The SMILES string of the molecule is [N-]=[N+]=Nc1c(F)c(F)c(C(=O)NCCCCCNS(=O)(=O)c2ccc(C3=c4cc5c6c(c4Oc4c3cc3c7c4CCCN7CCC3)CCC[N+]=6CCC5)c(S(=O)(=O)[O-])c2)c(F)c1F. The largest absolute Gasteiger partial charge is 0.744 e. The third kappa shape index (κ3) is 7.50. The van der Waals surface area contributed by atoms with Crippen molar-refractivity contribution in [3.05, 3.63) is 114 Å². The van der Waals surface area contributed by atoms with E-state index in [0.717, 1.165) is 117 Å². The lowest BCUT2D eigenvalue weighted by Gasteiger charge is -2.39. The van der Waals surface area contributed by atoms with Gasteiger partial charge in [-0.15, -0.1) is 0 Å². The number of fused-ring (bicyclic) bond motifs is 4. The van der Waals surface area contributed by atoms with Gasteiger partial charge in [0.2, 0.25) is 15.4 Å². The van der Waals surface area contributed by atoms with Crippen molar-refractivity contribution in [1.29, 1.82) is 0 Å². The van der Waals surface area contributed by atoms with Crippen LogP contribution in [0.5, 0.6) is 11.5 Å². The van der Waals surface area contributed by atoms with E-state index in [9.17, 15) is 43.7 Å². The molecule has 0 saturated carbocycles. The van der Waals surface area contributed by atoms with E-state index in [-0.39, 0.29) is 37.9 Å². The van der Waals surface area contributed by atoms with Gasteiger partial charge in [0, 0.05) is 82.7 Å². The van der Waals surface area contributed by atoms with Gasteiger partial charge in [-0.1, -0.05) is 17.6 Å². The van der Waals surface area contributed by atoms with E-state index < -0.39 is 70.4 Å². The average Bonchev–Trinajstić information content (AvgIpc) is 3.26. The van der Waals surface area contributed by atoms with Crippen molar-refractivity contribution in [1.82, 2.24) is 14.6 Å². The first-order valence-corrected chi connectivity index (χ1v) is 23.8. The van der Waals surface area contributed by atoms with E-state index in [1.807, 2.05) is 0 Å². The molecule has 0 bridgehead atoms. The summed E-state index contributed by atoms with van der Waals surface area (Å²) in [5.74, 6) is -8.32. The van der Waals surface area contributed by atoms with Crippen LogP contribution in [0.1, 0.15) is 88.7 Å². The van der Waals surface area contributed by atoms with Crippen molar-refractivity contribution in [2.75, 3.05) is 44.2 Å². The smallest absolute Gasteiger partial charge is 0.257 e. The molecule has 0 saturated heterocycles. The summed E-state index contributed by atoms with van der Waals surface area (Å²) in [7, 11) is -9.65. The standard InChI is InChI=1S/C43H41F4N7O7S2/c44-34-33(35(45)37(47)38(36(34)46)51-52-48)43(55)49-14-2-1-3-15-50-62(56,57)25-12-13-26(31(22-25)63(58,59)60)32-29-20-23-8-4-16-53-18-6-10-27(39(23)53)41(29)61-42-28-11-7-19-54-17-5-9-24(40(28)54)21-30(32)42/h12-13,20-22,50H,1-11,14-19H2,(H-,49,55,58,59,60). The lowest BCUT2D eigenvalue weighted by atomic mass is 9.82. The summed E-state index contributed by atoms with van der Waals surface area (Å²) in [4.78, 5) is 15.8. The topological polar surface area (TPSA) is 197 Å². The van der Waals surface area contributed by atoms with Crippen LogP contribution in [0.15, 0.2) is 45.2 Å². The third-order valence-corrected chi connectivity index (χ3v) is 14.9. The lowest BCUT2D eigenvalue weighted by molar-refractivity contribution is 0.0942. The highest BCUT2D eigenvalue weighted by Crippen LogP contribution is 2.49. The molecule has 0 unspecified atom stereocenters. The van der Waals surface area contributed by atoms with E-state index in [1.54, 1.807) is 0 Å². The van der Waals surface area contributed by atoms with Crippen molar-refractivity contribution in [3.8, 4) is 11.5 Å². The first-order chi connectivity index (χ1) is 30.2. The molecule has 0 radical (unpaired) electrons. The quantitative estimate of drug-likeness (QED) is 0.0243. The Bertz CT molecular complexity index is 3030. The number of ether oxygens (including phenoxy) is 1. The summed E-state index contributed by atoms with van der Waals surface area (Å²) in [6, 6.07) is 7.68. The summed E-state index contributed by atoms with van der Waals surface area (Å²) in [6.45, 7) is 3.35. The zero-order chi connectivity index (χ0) is 44.4. The number of hydrogen-bond donors (Lipinski definition) is 2. The lowest BCUT2D eigenvalue weighted by Crippen LogP contribution is -2.45. The van der Waals surface area contributed by atoms with Gasteiger partial charge in [0.05, 0.1) is 15.4 Å². The number of aryl methyl sites for hydroxylation is 2. The van der Waals surface area contributed by atoms with Gasteiger partial charge in [0.25, 0.3) is 5.91 Å². The van der Waals surface area contributed by atoms with Crippen molar-refractivity contribution < 1.29 is 48.5 Å². The van der Waals surface area contributed by atoms with Crippen LogP contribution in [-0.4, -0.2) is 66.6 Å². The van der Waals surface area contributed by atoms with Crippen molar-refractivity contribution in [3.63, 3.8) is 0 Å². The molecular formula is C43H41F4N7O7S2. The van der Waals surface area contributed by atoms with Crippen molar-refractivity contribution in [2.24, 2.45) is 5.11 Å². The number of benzene rings is 4. The molecule has 63 heavy (non-hydrogen) atoms. The van der Waals surface area contributed by atoms with Crippen LogP contribution in [0.4, 0.5) is 28.9 Å². The Morgan fingerprint density at radius 3 is 2.24 bits per heavy atom. The molecule has 20 heteroatoms. The second kappa shape index (κ2) is 16.5. The van der Waals surface area contributed by atoms with Crippen LogP contribution in [0.25, 0.3) is 16.0 Å². The highest BCUT2D eigenvalue weighted by molar-refractivity contribution is 7.89. The van der Waals surface area contributed by atoms with Gasteiger partial charge in [-0.3, -0.25) is 4.79 Å². The van der Waals surface area contributed by atoms with Crippen LogP contribution >= 0.6 is 0 Å². The maximum Gasteiger partial charge on any atom is 0.257 e. The minimum absolute atomic E-state index is 0.0832. The first kappa shape index (κ1) is 42.8. The maximum atomic E-state index is 14.4. The number of rotatable bonds is 12. The first-order valence-electron chi connectivity index (χ1n) is 20.9. The van der Waals surface area contributed by atoms with Crippen molar-refractivity contribution in [2.45, 2.75) is 80.4 Å². The molecule has 4 aromatic rings. The molecule has 5 aliphatic rings. The predicted octanol–water partition coefficient (Wildman–Crippen LogP) is 5.40. The molecule has 0 atom stereocenters. The Morgan fingerprint density at radius 2 is 1.51 bits per heavy atom. The molecule has 1 amide bonds. The molecule has 4 aromatic carbocycles. The second-order valence-electron chi connectivity index (χ2n) is 16.3. The number of nitrogens with zero attached hydrogens (tertiary/aromatic N) is 5. The number of carbonyl (C=O) groups excluding carboxylic acids is 1. The van der Waals surface area contributed by atoms with Gasteiger partial charge in [-0.2, -0.15) is 0 Å². The maximum absolute atomic E-state index is 14.4. The summed E-state index contributed by atoms with van der Waals surface area (Å²) >= 11 is 0. The third-order valence-electron chi connectivity index (χ3n) is 12.5. The van der Waals surface area contributed by atoms with E-state index in [1.165, 1.54) is 12.1 Å². The zero-order valence-corrected chi connectivity index (χ0v) is 35.5. The number of amides is 1. The molecule has 5 heterocycles. The number of nitrogens with one attached hydrogen (secondary N) is 2. The molecule has 0 fully saturated rings. The monoisotopic (exact) mass is 907 g/mol.